The van der Waals surface area contributed by atoms with Gasteiger partial charge in [0.25, 0.3) is 0 Å². The van der Waals surface area contributed by atoms with Gasteiger partial charge in [0, 0.05) is 31.3 Å². The molecule has 1 fully saturated rings. The van der Waals surface area contributed by atoms with Gasteiger partial charge in [0.1, 0.15) is 5.70 Å². The number of nitrogens with zero attached hydrogens (tertiary/aromatic N) is 4. The number of hydrogen-bond donors (Lipinski definition) is 0. The highest BCUT2D eigenvalue weighted by molar-refractivity contribution is 5.87. The van der Waals surface area contributed by atoms with Gasteiger partial charge in [-0.15, -0.1) is 0 Å². The summed E-state index contributed by atoms with van der Waals surface area (Å²) in [6.07, 6.45) is 6.81. The second-order valence-electron chi connectivity index (χ2n) is 7.77. The van der Waals surface area contributed by atoms with Crippen molar-refractivity contribution in [2.75, 3.05) is 13.1 Å². The first kappa shape index (κ1) is 22.8. The molecule has 31 heavy (non-hydrogen) atoms. The molecule has 1 aromatic heterocycles. The molecule has 0 atom stereocenters. The molecule has 0 saturated carbocycles. The number of carbonyl (C=O) groups excluding carboxylic acids is 1. The topological polar surface area (TPSA) is 50.5 Å². The van der Waals surface area contributed by atoms with Gasteiger partial charge in [-0.25, -0.2) is 9.67 Å². The van der Waals surface area contributed by atoms with E-state index in [0.29, 0.717) is 37.3 Å². The molecule has 1 saturated heterocycles. The minimum absolute atomic E-state index is 0.0306. The number of halogens is 3. The number of amides is 1. The van der Waals surface area contributed by atoms with Crippen molar-refractivity contribution in [3.63, 3.8) is 0 Å². The van der Waals surface area contributed by atoms with Crippen LogP contribution in [0.15, 0.2) is 53.6 Å². The maximum Gasteiger partial charge on any atom is 0.433 e. The summed E-state index contributed by atoms with van der Waals surface area (Å²) in [7, 11) is 0. The molecule has 0 aliphatic carbocycles. The summed E-state index contributed by atoms with van der Waals surface area (Å²) in [5.41, 5.74) is 1.08. The first-order valence-electron chi connectivity index (χ1n) is 10.4. The Hall–Kier alpha value is -2.90. The number of carbonyl (C=O) groups is 1. The fourth-order valence-corrected chi connectivity index (χ4v) is 3.78. The van der Waals surface area contributed by atoms with E-state index in [0.717, 1.165) is 29.2 Å². The Labute approximate surface area is 180 Å². The van der Waals surface area contributed by atoms with Gasteiger partial charge >= 0.3 is 6.18 Å². The van der Waals surface area contributed by atoms with Crippen molar-refractivity contribution in [2.24, 2.45) is 4.99 Å². The summed E-state index contributed by atoms with van der Waals surface area (Å²) in [5.74, 6) is -0.0244. The molecule has 1 aromatic rings. The van der Waals surface area contributed by atoms with Gasteiger partial charge in [-0.2, -0.15) is 18.3 Å². The third-order valence-corrected chi connectivity index (χ3v) is 5.22. The Morgan fingerprint density at radius 3 is 2.68 bits per heavy atom. The Kier molecular flexibility index (Phi) is 7.30. The number of aliphatic imine (C=N–C) groups is 1. The molecule has 0 aromatic carbocycles. The molecule has 0 unspecified atom stereocenters. The highest BCUT2D eigenvalue weighted by Crippen LogP contribution is 2.34. The molecule has 2 aliphatic rings. The lowest BCUT2D eigenvalue weighted by Crippen LogP contribution is -2.29. The molecule has 2 aliphatic heterocycles. The fourth-order valence-electron chi connectivity index (χ4n) is 3.78. The first-order chi connectivity index (χ1) is 14.8. The average molecular weight is 432 g/mol. The Morgan fingerprint density at radius 2 is 2.00 bits per heavy atom. The van der Waals surface area contributed by atoms with Crippen molar-refractivity contribution >= 4 is 23.1 Å². The van der Waals surface area contributed by atoms with E-state index < -0.39 is 11.9 Å². The minimum Gasteiger partial charge on any atom is -0.342 e. The summed E-state index contributed by atoms with van der Waals surface area (Å²) in [6.45, 7) is 6.78. The standard InChI is InChI=1S/C23H27F3N4O/c1-3-4-5-9-18-10-8-11-20(23(24,25)26)30-21(27-17(2)14-18)15-19(28-30)16-22(31)29-12-6-7-13-29/h3-5,9,11,15H,1,6-8,10,12-14,16H2,2H3/b5-4-,18-9-,20-11+,27-17+. The zero-order chi connectivity index (χ0) is 22.4. The van der Waals surface area contributed by atoms with Crippen LogP contribution < -0.4 is 0 Å². The van der Waals surface area contributed by atoms with E-state index in [1.165, 1.54) is 6.07 Å². The van der Waals surface area contributed by atoms with E-state index in [2.05, 4.69) is 16.7 Å². The summed E-state index contributed by atoms with van der Waals surface area (Å²) in [4.78, 5) is 18.6. The summed E-state index contributed by atoms with van der Waals surface area (Å²) < 4.78 is 42.3. The Morgan fingerprint density at radius 1 is 1.26 bits per heavy atom. The molecule has 0 bridgehead atoms. The van der Waals surface area contributed by atoms with Gasteiger partial charge in [0.2, 0.25) is 5.91 Å². The normalized spacial score (nSPS) is 22.7. The number of alkyl halides is 3. The van der Waals surface area contributed by atoms with E-state index in [9.17, 15) is 18.0 Å². The number of rotatable bonds is 4. The van der Waals surface area contributed by atoms with E-state index >= 15 is 0 Å². The van der Waals surface area contributed by atoms with Crippen LogP contribution in [0.4, 0.5) is 19.0 Å². The summed E-state index contributed by atoms with van der Waals surface area (Å²) >= 11 is 0. The molecule has 0 spiro atoms. The molecule has 166 valence electrons. The van der Waals surface area contributed by atoms with Crippen LogP contribution in [0.3, 0.4) is 0 Å². The molecule has 8 heteroatoms. The number of hydrogen-bond acceptors (Lipinski definition) is 3. The van der Waals surface area contributed by atoms with Crippen molar-refractivity contribution in [2.45, 2.75) is 51.6 Å². The molecular weight excluding hydrogens is 405 g/mol. The van der Waals surface area contributed by atoms with Gasteiger partial charge in [-0.05, 0) is 32.6 Å². The SMILES string of the molecule is C=C/C=C\C=C1\CC/C=C(\C(F)(F)F)n2nc(CC(=O)N3CCCC3)cc2/N=C(\C)C1. The Balaban J connectivity index is 1.97. The van der Waals surface area contributed by atoms with E-state index in [4.69, 9.17) is 0 Å². The molecule has 3 heterocycles. The summed E-state index contributed by atoms with van der Waals surface area (Å²) in [5, 5.41) is 4.14. The smallest absolute Gasteiger partial charge is 0.342 e. The van der Waals surface area contributed by atoms with Crippen LogP contribution in [0, 0.1) is 0 Å². The molecule has 1 amide bonds. The largest absolute Gasteiger partial charge is 0.433 e. The zero-order valence-corrected chi connectivity index (χ0v) is 17.7. The maximum absolute atomic E-state index is 13.8. The van der Waals surface area contributed by atoms with Crippen LogP contribution in [-0.4, -0.2) is 45.6 Å². The predicted molar refractivity (Wildman–Crippen MR) is 116 cm³/mol. The lowest BCUT2D eigenvalue weighted by atomic mass is 10.0. The van der Waals surface area contributed by atoms with Crippen molar-refractivity contribution in [1.82, 2.24) is 14.7 Å². The van der Waals surface area contributed by atoms with Crippen LogP contribution in [0.5, 0.6) is 0 Å². The molecule has 5 nitrogen and oxygen atoms in total. The molecule has 3 rings (SSSR count). The van der Waals surface area contributed by atoms with E-state index in [-0.39, 0.29) is 24.6 Å². The molecule has 0 N–H and O–H groups in total. The van der Waals surface area contributed by atoms with Crippen molar-refractivity contribution < 1.29 is 18.0 Å². The number of likely N-dealkylation sites (tertiary alicyclic amines) is 1. The first-order valence-corrected chi connectivity index (χ1v) is 10.4. The van der Waals surface area contributed by atoms with E-state index in [1.807, 2.05) is 12.2 Å². The van der Waals surface area contributed by atoms with Crippen molar-refractivity contribution in [3.8, 4) is 0 Å². The number of allylic oxidation sites excluding steroid dienone is 7. The number of aromatic nitrogens is 2. The minimum atomic E-state index is -4.59. The monoisotopic (exact) mass is 432 g/mol. The highest BCUT2D eigenvalue weighted by Gasteiger charge is 2.37. The third kappa shape index (κ3) is 6.06. The van der Waals surface area contributed by atoms with Crippen molar-refractivity contribution in [1.29, 1.82) is 0 Å². The zero-order valence-electron chi connectivity index (χ0n) is 17.7. The molecule has 0 radical (unpaired) electrons. The van der Waals surface area contributed by atoms with E-state index in [1.54, 1.807) is 24.0 Å². The van der Waals surface area contributed by atoms with Crippen LogP contribution in [0.1, 0.15) is 44.7 Å². The molecular formula is C23H27F3N4O. The van der Waals surface area contributed by atoms with Crippen LogP contribution in [0.2, 0.25) is 0 Å². The second kappa shape index (κ2) is 9.94. The van der Waals surface area contributed by atoms with Gasteiger partial charge in [0.15, 0.2) is 5.82 Å². The van der Waals surface area contributed by atoms with Crippen molar-refractivity contribution in [3.05, 3.63) is 54.3 Å². The quantitative estimate of drug-likeness (QED) is 0.599. The van der Waals surface area contributed by atoms with Gasteiger partial charge in [-0.1, -0.05) is 42.5 Å². The van der Waals surface area contributed by atoms with Crippen LogP contribution in [0.25, 0.3) is 5.70 Å². The Bertz CT molecular complexity index is 945. The number of fused-ring (bicyclic) bond motifs is 1. The van der Waals surface area contributed by atoms with Gasteiger partial charge < -0.3 is 4.90 Å². The average Bonchev–Trinajstić information content (AvgIpc) is 3.34. The third-order valence-electron chi connectivity index (χ3n) is 5.22. The highest BCUT2D eigenvalue weighted by atomic mass is 19.4. The second-order valence-corrected chi connectivity index (χ2v) is 7.77. The fraction of sp³-hybridized carbons (Fsp3) is 0.435. The lowest BCUT2D eigenvalue weighted by Gasteiger charge is -2.16. The predicted octanol–water partition coefficient (Wildman–Crippen LogP) is 5.40. The van der Waals surface area contributed by atoms with Gasteiger partial charge in [0.05, 0.1) is 12.1 Å². The van der Waals surface area contributed by atoms with Gasteiger partial charge in [-0.3, -0.25) is 4.79 Å². The van der Waals surface area contributed by atoms with Crippen LogP contribution >= 0.6 is 0 Å². The summed E-state index contributed by atoms with van der Waals surface area (Å²) in [6, 6.07) is 1.49. The lowest BCUT2D eigenvalue weighted by molar-refractivity contribution is -0.129. The maximum atomic E-state index is 13.8. The van der Waals surface area contributed by atoms with Crippen LogP contribution in [-0.2, 0) is 11.2 Å².